The topological polar surface area (TPSA) is 67.6 Å². The molecule has 2 fully saturated rings. The zero-order valence-corrected chi connectivity index (χ0v) is 14.2. The second kappa shape index (κ2) is 7.27. The van der Waals surface area contributed by atoms with Crippen molar-refractivity contribution in [1.29, 1.82) is 0 Å². The summed E-state index contributed by atoms with van der Waals surface area (Å²) < 4.78 is 11.2. The molecule has 2 heterocycles. The molecular weight excluding hydrogens is 318 g/mol. The van der Waals surface area contributed by atoms with Gasteiger partial charge >= 0.3 is 6.03 Å². The highest BCUT2D eigenvalue weighted by molar-refractivity contribution is 5.74. The Bertz CT molecular complexity index is 706. The van der Waals surface area contributed by atoms with Crippen LogP contribution in [0.15, 0.2) is 40.9 Å². The van der Waals surface area contributed by atoms with Gasteiger partial charge in [0.25, 0.3) is 0 Å². The number of carbonyl (C=O) groups is 1. The first-order valence-electron chi connectivity index (χ1n) is 8.92. The van der Waals surface area contributed by atoms with Crippen LogP contribution in [0.1, 0.15) is 25.2 Å². The van der Waals surface area contributed by atoms with Gasteiger partial charge in [0.05, 0.1) is 19.3 Å². The molecule has 0 radical (unpaired) electrons. The van der Waals surface area contributed by atoms with Crippen LogP contribution < -0.4 is 5.32 Å². The van der Waals surface area contributed by atoms with Gasteiger partial charge in [0.1, 0.15) is 0 Å². The van der Waals surface area contributed by atoms with E-state index in [0.717, 1.165) is 44.6 Å². The number of nitrogens with zero attached hydrogens (tertiary/aromatic N) is 2. The Balaban J connectivity index is 1.33. The highest BCUT2D eigenvalue weighted by Crippen LogP contribution is 2.29. The van der Waals surface area contributed by atoms with Crippen molar-refractivity contribution in [1.82, 2.24) is 15.2 Å². The fourth-order valence-electron chi connectivity index (χ4n) is 3.17. The van der Waals surface area contributed by atoms with Gasteiger partial charge < -0.3 is 19.4 Å². The summed E-state index contributed by atoms with van der Waals surface area (Å²) in [6.07, 6.45) is 4.93. The van der Waals surface area contributed by atoms with Crippen molar-refractivity contribution < 1.29 is 13.9 Å². The number of hydrogen-bond donors (Lipinski definition) is 1. The molecule has 1 aromatic carbocycles. The number of oxazole rings is 1. The maximum Gasteiger partial charge on any atom is 0.318 e. The predicted octanol–water partition coefficient (Wildman–Crippen LogP) is 3.05. The van der Waals surface area contributed by atoms with E-state index in [9.17, 15) is 4.79 Å². The lowest BCUT2D eigenvalue weighted by molar-refractivity contribution is 0.161. The molecule has 0 bridgehead atoms. The van der Waals surface area contributed by atoms with Crippen molar-refractivity contribution >= 4 is 6.03 Å². The molecule has 1 aliphatic heterocycles. The molecule has 1 N–H and O–H groups in total. The molecule has 2 aromatic rings. The quantitative estimate of drug-likeness (QED) is 0.877. The van der Waals surface area contributed by atoms with E-state index in [2.05, 4.69) is 10.3 Å². The van der Waals surface area contributed by atoms with Crippen LogP contribution in [0.4, 0.5) is 4.79 Å². The molecule has 132 valence electrons. The summed E-state index contributed by atoms with van der Waals surface area (Å²) in [5, 5.41) is 2.95. The molecule has 6 nitrogen and oxygen atoms in total. The summed E-state index contributed by atoms with van der Waals surface area (Å²) in [4.78, 5) is 18.8. The Hall–Kier alpha value is -2.34. The molecular formula is C19H23N3O3. The molecule has 1 atom stereocenters. The van der Waals surface area contributed by atoms with Crippen molar-refractivity contribution in [2.24, 2.45) is 5.92 Å². The van der Waals surface area contributed by atoms with Gasteiger partial charge in [-0.25, -0.2) is 9.78 Å². The van der Waals surface area contributed by atoms with Gasteiger partial charge in [0.15, 0.2) is 5.76 Å². The van der Waals surface area contributed by atoms with Gasteiger partial charge in [0.2, 0.25) is 5.89 Å². The average Bonchev–Trinajstić information content (AvgIpc) is 3.16. The van der Waals surface area contributed by atoms with Crippen LogP contribution in [0.3, 0.4) is 0 Å². The van der Waals surface area contributed by atoms with Crippen molar-refractivity contribution in [3.8, 4) is 11.3 Å². The Morgan fingerprint density at radius 2 is 2.08 bits per heavy atom. The highest BCUT2D eigenvalue weighted by atomic mass is 16.5. The van der Waals surface area contributed by atoms with Crippen LogP contribution in [0.2, 0.25) is 0 Å². The van der Waals surface area contributed by atoms with Crippen LogP contribution in [0.25, 0.3) is 11.3 Å². The lowest BCUT2D eigenvalue weighted by atomic mass is 10.1. The summed E-state index contributed by atoms with van der Waals surface area (Å²) in [6.45, 7) is 2.65. The van der Waals surface area contributed by atoms with E-state index in [1.807, 2.05) is 35.2 Å². The number of rotatable bonds is 6. The zero-order valence-electron chi connectivity index (χ0n) is 14.2. The maximum absolute atomic E-state index is 12.6. The summed E-state index contributed by atoms with van der Waals surface area (Å²) in [7, 11) is 0. The van der Waals surface area contributed by atoms with Crippen LogP contribution in [-0.2, 0) is 11.3 Å². The van der Waals surface area contributed by atoms with E-state index in [1.165, 1.54) is 0 Å². The van der Waals surface area contributed by atoms with Crippen molar-refractivity contribution in [2.45, 2.75) is 31.8 Å². The number of amides is 2. The molecule has 6 heteroatoms. The molecule has 1 aliphatic carbocycles. The SMILES string of the molecule is O=C(NCc1ncc(-c2ccccc2)o1)N(CC1CCOC1)C1CC1. The van der Waals surface area contributed by atoms with E-state index in [1.54, 1.807) is 6.20 Å². The standard InChI is InChI=1S/C19H23N3O3/c23-19(22(16-6-7-16)12-14-8-9-24-13-14)21-11-18-20-10-17(25-18)15-4-2-1-3-5-15/h1-5,10,14,16H,6-9,11-13H2,(H,21,23). The van der Waals surface area contributed by atoms with Crippen molar-refractivity contribution in [3.05, 3.63) is 42.4 Å². The minimum absolute atomic E-state index is 0.0335. The molecule has 0 spiro atoms. The maximum atomic E-state index is 12.6. The molecule has 25 heavy (non-hydrogen) atoms. The van der Waals surface area contributed by atoms with Gasteiger partial charge in [-0.1, -0.05) is 30.3 Å². The molecule has 2 aliphatic rings. The third-order valence-electron chi connectivity index (χ3n) is 4.73. The number of benzene rings is 1. The average molecular weight is 341 g/mol. The molecule has 1 saturated heterocycles. The minimum Gasteiger partial charge on any atom is -0.439 e. The largest absolute Gasteiger partial charge is 0.439 e. The Kier molecular flexibility index (Phi) is 4.70. The van der Waals surface area contributed by atoms with Gasteiger partial charge in [-0.05, 0) is 19.3 Å². The minimum atomic E-state index is -0.0335. The Morgan fingerprint density at radius 3 is 2.80 bits per heavy atom. The summed E-state index contributed by atoms with van der Waals surface area (Å²) >= 11 is 0. The number of carbonyl (C=O) groups excluding carboxylic acids is 1. The zero-order chi connectivity index (χ0) is 17.1. The van der Waals surface area contributed by atoms with E-state index in [4.69, 9.17) is 9.15 Å². The van der Waals surface area contributed by atoms with Crippen LogP contribution in [0, 0.1) is 5.92 Å². The van der Waals surface area contributed by atoms with Crippen LogP contribution in [0.5, 0.6) is 0 Å². The Labute approximate surface area is 147 Å². The fourth-order valence-corrected chi connectivity index (χ4v) is 3.17. The monoisotopic (exact) mass is 341 g/mol. The molecule has 1 unspecified atom stereocenters. The Morgan fingerprint density at radius 1 is 1.24 bits per heavy atom. The number of hydrogen-bond acceptors (Lipinski definition) is 4. The number of urea groups is 1. The number of ether oxygens (including phenoxy) is 1. The first kappa shape index (κ1) is 16.1. The molecule has 2 amide bonds. The second-order valence-electron chi connectivity index (χ2n) is 6.76. The van der Waals surface area contributed by atoms with Gasteiger partial charge in [0, 0.05) is 30.7 Å². The second-order valence-corrected chi connectivity index (χ2v) is 6.76. The third kappa shape index (κ3) is 4.02. The van der Waals surface area contributed by atoms with Gasteiger partial charge in [-0.15, -0.1) is 0 Å². The van der Waals surface area contributed by atoms with Crippen LogP contribution >= 0.6 is 0 Å². The smallest absolute Gasteiger partial charge is 0.318 e. The predicted molar refractivity (Wildman–Crippen MR) is 92.8 cm³/mol. The number of aromatic nitrogens is 1. The van der Waals surface area contributed by atoms with Gasteiger partial charge in [-0.3, -0.25) is 0 Å². The molecule has 4 rings (SSSR count). The van der Waals surface area contributed by atoms with E-state index in [0.29, 0.717) is 30.2 Å². The highest BCUT2D eigenvalue weighted by Gasteiger charge is 2.34. The normalized spacial score (nSPS) is 19.8. The first-order chi connectivity index (χ1) is 12.3. The van der Waals surface area contributed by atoms with Crippen LogP contribution in [-0.4, -0.2) is 41.7 Å². The first-order valence-corrected chi connectivity index (χ1v) is 8.92. The number of nitrogens with one attached hydrogen (secondary N) is 1. The van der Waals surface area contributed by atoms with Crippen molar-refractivity contribution in [2.75, 3.05) is 19.8 Å². The summed E-state index contributed by atoms with van der Waals surface area (Å²) in [6, 6.07) is 10.2. The van der Waals surface area contributed by atoms with Crippen molar-refractivity contribution in [3.63, 3.8) is 0 Å². The fraction of sp³-hybridized carbons (Fsp3) is 0.474. The summed E-state index contributed by atoms with van der Waals surface area (Å²) in [5.41, 5.74) is 0.980. The summed E-state index contributed by atoms with van der Waals surface area (Å²) in [5.74, 6) is 1.69. The lowest BCUT2D eigenvalue weighted by Crippen LogP contribution is -2.43. The van der Waals surface area contributed by atoms with E-state index >= 15 is 0 Å². The van der Waals surface area contributed by atoms with E-state index in [-0.39, 0.29) is 6.03 Å². The van der Waals surface area contributed by atoms with E-state index < -0.39 is 0 Å². The lowest BCUT2D eigenvalue weighted by Gasteiger charge is -2.25. The van der Waals surface area contributed by atoms with Gasteiger partial charge in [-0.2, -0.15) is 0 Å². The molecule has 1 saturated carbocycles. The molecule has 1 aromatic heterocycles. The third-order valence-corrected chi connectivity index (χ3v) is 4.73.